The number of nitrogens with zero attached hydrogens (tertiary/aromatic N) is 2. The third-order valence-corrected chi connectivity index (χ3v) is 2.37. The van der Waals surface area contributed by atoms with Gasteiger partial charge in [-0.3, -0.25) is 4.57 Å². The van der Waals surface area contributed by atoms with Crippen LogP contribution in [0.25, 0.3) is 0 Å². The summed E-state index contributed by atoms with van der Waals surface area (Å²) < 4.78 is 11.9. The van der Waals surface area contributed by atoms with Gasteiger partial charge in [-0.25, -0.2) is 4.79 Å². The van der Waals surface area contributed by atoms with E-state index in [2.05, 4.69) is 4.98 Å². The van der Waals surface area contributed by atoms with Gasteiger partial charge in [0.1, 0.15) is 5.82 Å². The minimum atomic E-state index is -1.06. The van der Waals surface area contributed by atoms with E-state index < -0.39 is 17.7 Å². The van der Waals surface area contributed by atoms with Crippen LogP contribution in [0.2, 0.25) is 0 Å². The molecule has 0 saturated carbocycles. The Morgan fingerprint density at radius 2 is 2.56 bits per heavy atom. The van der Waals surface area contributed by atoms with Crippen molar-refractivity contribution in [1.29, 1.82) is 0 Å². The van der Waals surface area contributed by atoms with Crippen molar-refractivity contribution in [2.75, 3.05) is 18.9 Å². The summed E-state index contributed by atoms with van der Waals surface area (Å²) in [4.78, 5) is 15.1. The molecule has 0 bridgehead atoms. The zero-order chi connectivity index (χ0) is 11.8. The van der Waals surface area contributed by atoms with Gasteiger partial charge in [-0.1, -0.05) is 0 Å². The summed E-state index contributed by atoms with van der Waals surface area (Å²) in [6.45, 7) is 1.51. The zero-order valence-corrected chi connectivity index (χ0v) is 8.79. The molecule has 3 N–H and O–H groups in total. The first-order chi connectivity index (χ1) is 7.54. The molecule has 1 aliphatic rings. The molecule has 1 aromatic heterocycles. The summed E-state index contributed by atoms with van der Waals surface area (Å²) >= 11 is 0. The van der Waals surface area contributed by atoms with Gasteiger partial charge in [-0.05, 0) is 13.0 Å². The molecular formula is C9H13N3O4. The van der Waals surface area contributed by atoms with Gasteiger partial charge in [-0.2, -0.15) is 4.98 Å². The average molecular weight is 227 g/mol. The van der Waals surface area contributed by atoms with E-state index in [9.17, 15) is 4.79 Å². The van der Waals surface area contributed by atoms with Crippen LogP contribution in [0.15, 0.2) is 17.1 Å². The van der Waals surface area contributed by atoms with Crippen molar-refractivity contribution in [2.24, 2.45) is 0 Å². The molecule has 7 heteroatoms. The molecular weight excluding hydrogens is 214 g/mol. The molecule has 0 aromatic carbocycles. The Hall–Kier alpha value is -1.44. The number of ether oxygens (including phenoxy) is 2. The lowest BCUT2D eigenvalue weighted by Crippen LogP contribution is -2.33. The van der Waals surface area contributed by atoms with Gasteiger partial charge in [0, 0.05) is 6.20 Å². The lowest BCUT2D eigenvalue weighted by molar-refractivity contribution is -0.186. The summed E-state index contributed by atoms with van der Waals surface area (Å²) in [7, 11) is 0. The molecule has 0 unspecified atom stereocenters. The maximum absolute atomic E-state index is 11.5. The second-order valence-electron chi connectivity index (χ2n) is 3.72. The number of anilines is 1. The van der Waals surface area contributed by atoms with Crippen molar-refractivity contribution >= 4 is 5.82 Å². The normalized spacial score (nSPS) is 29.5. The van der Waals surface area contributed by atoms with Gasteiger partial charge in [0.25, 0.3) is 0 Å². The van der Waals surface area contributed by atoms with Crippen molar-refractivity contribution in [3.8, 4) is 0 Å². The van der Waals surface area contributed by atoms with Crippen LogP contribution < -0.4 is 11.4 Å². The van der Waals surface area contributed by atoms with Crippen molar-refractivity contribution < 1.29 is 14.6 Å². The summed E-state index contributed by atoms with van der Waals surface area (Å²) in [5, 5.41) is 9.03. The molecule has 1 saturated heterocycles. The number of nitrogens with two attached hydrogens (primary N) is 1. The fourth-order valence-electron chi connectivity index (χ4n) is 1.47. The topological polar surface area (TPSA) is 99.6 Å². The number of nitrogen functional groups attached to an aromatic ring is 1. The zero-order valence-electron chi connectivity index (χ0n) is 8.79. The molecule has 1 aromatic rings. The van der Waals surface area contributed by atoms with Crippen LogP contribution in [0.1, 0.15) is 13.2 Å². The highest BCUT2D eigenvalue weighted by Gasteiger charge is 2.37. The van der Waals surface area contributed by atoms with E-state index in [0.29, 0.717) is 0 Å². The largest absolute Gasteiger partial charge is 0.391 e. The molecule has 1 aliphatic heterocycles. The van der Waals surface area contributed by atoms with Crippen LogP contribution in [0, 0.1) is 0 Å². The van der Waals surface area contributed by atoms with Crippen molar-refractivity contribution in [3.05, 3.63) is 22.7 Å². The summed E-state index contributed by atoms with van der Waals surface area (Å²) in [6, 6.07) is 1.50. The highest BCUT2D eigenvalue weighted by molar-refractivity contribution is 5.23. The Morgan fingerprint density at radius 1 is 1.81 bits per heavy atom. The first-order valence-corrected chi connectivity index (χ1v) is 4.81. The fraction of sp³-hybridized carbons (Fsp3) is 0.556. The number of aromatic nitrogens is 2. The molecule has 88 valence electrons. The minimum Gasteiger partial charge on any atom is -0.391 e. The van der Waals surface area contributed by atoms with E-state index >= 15 is 0 Å². The first-order valence-electron chi connectivity index (χ1n) is 4.81. The standard InChI is InChI=1S/C9H13N3O4/c1-9(5-13)15-4-7(16-9)12-3-2-6(10)11-8(12)14/h2-3,7,13H,4-5H2,1H3,(H2,10,11,14)/t7-,9+/m0/s1. The Kier molecular flexibility index (Phi) is 2.66. The molecule has 2 atom stereocenters. The maximum atomic E-state index is 11.5. The maximum Gasteiger partial charge on any atom is 0.351 e. The predicted octanol–water partition coefficient (Wildman–Crippen LogP) is -0.921. The summed E-state index contributed by atoms with van der Waals surface area (Å²) in [5.74, 6) is -0.907. The van der Waals surface area contributed by atoms with Gasteiger partial charge in [0.2, 0.25) is 0 Å². The Bertz CT molecular complexity index is 447. The third-order valence-electron chi connectivity index (χ3n) is 2.37. The fourth-order valence-corrected chi connectivity index (χ4v) is 1.47. The van der Waals surface area contributed by atoms with Gasteiger partial charge in [-0.15, -0.1) is 0 Å². The van der Waals surface area contributed by atoms with Crippen LogP contribution in [0.5, 0.6) is 0 Å². The van der Waals surface area contributed by atoms with E-state index in [1.54, 1.807) is 6.92 Å². The summed E-state index contributed by atoms with van der Waals surface area (Å²) in [5.41, 5.74) is 4.87. The van der Waals surface area contributed by atoms with Gasteiger partial charge in [0.15, 0.2) is 12.0 Å². The number of aliphatic hydroxyl groups excluding tert-OH is 1. The molecule has 0 spiro atoms. The van der Waals surface area contributed by atoms with Crippen LogP contribution in [0.4, 0.5) is 5.82 Å². The van der Waals surface area contributed by atoms with E-state index in [4.69, 9.17) is 20.3 Å². The molecule has 2 heterocycles. The van der Waals surface area contributed by atoms with Crippen LogP contribution in [0.3, 0.4) is 0 Å². The number of hydrogen-bond donors (Lipinski definition) is 2. The monoisotopic (exact) mass is 227 g/mol. The lowest BCUT2D eigenvalue weighted by Gasteiger charge is -2.20. The SMILES string of the molecule is C[C@@]1(CO)OC[C@@H](n2ccc(N)nc2=O)O1. The molecule has 2 rings (SSSR count). The molecule has 0 amide bonds. The number of aliphatic hydroxyl groups is 1. The minimum absolute atomic E-state index is 0.157. The Morgan fingerprint density at radius 3 is 3.12 bits per heavy atom. The molecule has 1 fully saturated rings. The lowest BCUT2D eigenvalue weighted by atomic mass is 10.4. The molecule has 0 radical (unpaired) electrons. The summed E-state index contributed by atoms with van der Waals surface area (Å²) in [6.07, 6.45) is 0.902. The highest BCUT2D eigenvalue weighted by atomic mass is 16.8. The Balaban J connectivity index is 2.24. The van der Waals surface area contributed by atoms with Crippen molar-refractivity contribution in [2.45, 2.75) is 18.9 Å². The molecule has 7 nitrogen and oxygen atoms in total. The molecule has 16 heavy (non-hydrogen) atoms. The third kappa shape index (κ3) is 1.92. The second kappa shape index (κ2) is 3.85. The predicted molar refractivity (Wildman–Crippen MR) is 54.5 cm³/mol. The highest BCUT2D eigenvalue weighted by Crippen LogP contribution is 2.27. The van der Waals surface area contributed by atoms with E-state index in [1.807, 2.05) is 0 Å². The number of hydrogen-bond acceptors (Lipinski definition) is 6. The van der Waals surface area contributed by atoms with Crippen molar-refractivity contribution in [3.63, 3.8) is 0 Å². The second-order valence-corrected chi connectivity index (χ2v) is 3.72. The van der Waals surface area contributed by atoms with Gasteiger partial charge in [0.05, 0.1) is 13.2 Å². The average Bonchev–Trinajstić information content (AvgIpc) is 2.62. The number of rotatable bonds is 2. The van der Waals surface area contributed by atoms with E-state index in [1.165, 1.54) is 16.8 Å². The van der Waals surface area contributed by atoms with E-state index in [-0.39, 0.29) is 19.0 Å². The van der Waals surface area contributed by atoms with Crippen LogP contribution in [-0.2, 0) is 9.47 Å². The van der Waals surface area contributed by atoms with Gasteiger partial charge >= 0.3 is 5.69 Å². The molecule has 0 aliphatic carbocycles. The van der Waals surface area contributed by atoms with Gasteiger partial charge < -0.3 is 20.3 Å². The Labute approximate surface area is 91.4 Å². The van der Waals surface area contributed by atoms with E-state index in [0.717, 1.165) is 0 Å². The van der Waals surface area contributed by atoms with Crippen LogP contribution >= 0.6 is 0 Å². The van der Waals surface area contributed by atoms with Crippen LogP contribution in [-0.4, -0.2) is 33.7 Å². The smallest absolute Gasteiger partial charge is 0.351 e. The van der Waals surface area contributed by atoms with Crippen molar-refractivity contribution in [1.82, 2.24) is 9.55 Å². The quantitative estimate of drug-likeness (QED) is 0.677. The first kappa shape index (κ1) is 11.1.